The lowest BCUT2D eigenvalue weighted by Crippen LogP contribution is -2.33. The van der Waals surface area contributed by atoms with E-state index in [-0.39, 0.29) is 35.5 Å². The topological polar surface area (TPSA) is 108 Å². The van der Waals surface area contributed by atoms with Crippen LogP contribution in [0.3, 0.4) is 0 Å². The summed E-state index contributed by atoms with van der Waals surface area (Å²) in [6, 6.07) is 14.3. The number of hydrogen-bond donors (Lipinski definition) is 1. The van der Waals surface area contributed by atoms with Crippen molar-refractivity contribution in [3.8, 4) is 34.3 Å². The Morgan fingerprint density at radius 2 is 1.86 bits per heavy atom. The third-order valence-corrected chi connectivity index (χ3v) is 5.28. The number of pyridine rings is 1. The number of nitrogens with zero attached hydrogens (tertiary/aromatic N) is 3. The molecule has 0 bridgehead atoms. The Hall–Kier alpha value is -4.47. The summed E-state index contributed by atoms with van der Waals surface area (Å²) in [5.74, 6) is 0.779. The van der Waals surface area contributed by atoms with Gasteiger partial charge in [0.1, 0.15) is 17.9 Å². The van der Waals surface area contributed by atoms with Gasteiger partial charge in [-0.15, -0.1) is 0 Å². The van der Waals surface area contributed by atoms with E-state index < -0.39 is 5.56 Å². The van der Waals surface area contributed by atoms with Crippen molar-refractivity contribution in [2.75, 3.05) is 20.8 Å². The molecular weight excluding hydrogens is 455 g/mol. The van der Waals surface area contributed by atoms with Gasteiger partial charge < -0.3 is 23.9 Å². The van der Waals surface area contributed by atoms with E-state index in [9.17, 15) is 14.0 Å². The second-order valence-corrected chi connectivity index (χ2v) is 7.57. The van der Waals surface area contributed by atoms with Crippen LogP contribution in [-0.4, -0.2) is 41.4 Å². The van der Waals surface area contributed by atoms with Crippen molar-refractivity contribution >= 4 is 5.91 Å². The van der Waals surface area contributed by atoms with Gasteiger partial charge in [0.25, 0.3) is 11.4 Å². The SMILES string of the molecule is COc1ccc(CCNC(=O)Cn2cccc(-c3nc(-c4ccc(F)cc4)no3)c2=O)cc1OC. The maximum Gasteiger partial charge on any atom is 0.263 e. The Labute approximate surface area is 200 Å². The van der Waals surface area contributed by atoms with E-state index in [1.165, 1.54) is 41.1 Å². The van der Waals surface area contributed by atoms with Gasteiger partial charge in [-0.3, -0.25) is 9.59 Å². The highest BCUT2D eigenvalue weighted by Gasteiger charge is 2.16. The molecule has 0 aliphatic heterocycles. The minimum Gasteiger partial charge on any atom is -0.493 e. The van der Waals surface area contributed by atoms with Gasteiger partial charge >= 0.3 is 0 Å². The first-order valence-corrected chi connectivity index (χ1v) is 10.8. The first kappa shape index (κ1) is 23.7. The van der Waals surface area contributed by atoms with Gasteiger partial charge in [0.05, 0.1) is 14.2 Å². The summed E-state index contributed by atoms with van der Waals surface area (Å²) in [6.45, 7) is 0.213. The molecule has 0 radical (unpaired) electrons. The highest BCUT2D eigenvalue weighted by atomic mass is 19.1. The average Bonchev–Trinajstić information content (AvgIpc) is 3.35. The summed E-state index contributed by atoms with van der Waals surface area (Å²) in [7, 11) is 3.13. The number of amides is 1. The summed E-state index contributed by atoms with van der Waals surface area (Å²) >= 11 is 0. The number of benzene rings is 2. The Balaban J connectivity index is 1.40. The molecule has 1 N–H and O–H groups in total. The summed E-state index contributed by atoms with van der Waals surface area (Å²) in [6.07, 6.45) is 2.09. The first-order valence-electron chi connectivity index (χ1n) is 10.8. The second kappa shape index (κ2) is 10.6. The molecule has 4 aromatic rings. The van der Waals surface area contributed by atoms with Gasteiger partial charge in [0.2, 0.25) is 11.7 Å². The van der Waals surface area contributed by atoms with Crippen molar-refractivity contribution in [3.63, 3.8) is 0 Å². The lowest BCUT2D eigenvalue weighted by atomic mass is 10.1. The molecule has 2 aromatic heterocycles. The van der Waals surface area contributed by atoms with Gasteiger partial charge in [-0.25, -0.2) is 4.39 Å². The van der Waals surface area contributed by atoms with Crippen molar-refractivity contribution < 1.29 is 23.2 Å². The number of ether oxygens (including phenoxy) is 2. The van der Waals surface area contributed by atoms with Crippen LogP contribution in [0.1, 0.15) is 5.56 Å². The van der Waals surface area contributed by atoms with Gasteiger partial charge in [-0.2, -0.15) is 4.98 Å². The zero-order valence-electron chi connectivity index (χ0n) is 19.2. The fourth-order valence-corrected chi connectivity index (χ4v) is 3.47. The molecule has 0 spiro atoms. The summed E-state index contributed by atoms with van der Waals surface area (Å²) in [4.78, 5) is 29.6. The molecule has 35 heavy (non-hydrogen) atoms. The monoisotopic (exact) mass is 478 g/mol. The van der Waals surface area contributed by atoms with E-state index in [1.807, 2.05) is 12.1 Å². The third-order valence-electron chi connectivity index (χ3n) is 5.28. The van der Waals surface area contributed by atoms with Gasteiger partial charge in [0, 0.05) is 18.3 Å². The fourth-order valence-electron chi connectivity index (χ4n) is 3.47. The lowest BCUT2D eigenvalue weighted by molar-refractivity contribution is -0.121. The van der Waals surface area contributed by atoms with E-state index in [4.69, 9.17) is 14.0 Å². The molecular formula is C25H23FN4O5. The smallest absolute Gasteiger partial charge is 0.263 e. The summed E-state index contributed by atoms with van der Waals surface area (Å²) < 4.78 is 30.2. The molecule has 2 aromatic carbocycles. The second-order valence-electron chi connectivity index (χ2n) is 7.57. The number of halogens is 1. The predicted octanol–water partition coefficient (Wildman–Crippen LogP) is 3.08. The Morgan fingerprint density at radius 3 is 2.60 bits per heavy atom. The molecule has 0 saturated carbocycles. The van der Waals surface area contributed by atoms with Crippen LogP contribution in [0.5, 0.6) is 11.5 Å². The average molecular weight is 478 g/mol. The van der Waals surface area contributed by atoms with Crippen LogP contribution >= 0.6 is 0 Å². The third kappa shape index (κ3) is 5.55. The van der Waals surface area contributed by atoms with E-state index >= 15 is 0 Å². The Kier molecular flexibility index (Phi) is 7.20. The molecule has 180 valence electrons. The largest absolute Gasteiger partial charge is 0.493 e. The molecule has 0 fully saturated rings. The molecule has 10 heteroatoms. The number of methoxy groups -OCH3 is 2. The Morgan fingerprint density at radius 1 is 1.09 bits per heavy atom. The molecule has 4 rings (SSSR count). The van der Waals surface area contributed by atoms with E-state index in [0.717, 1.165) is 5.56 Å². The van der Waals surface area contributed by atoms with Crippen molar-refractivity contribution in [2.45, 2.75) is 13.0 Å². The zero-order valence-corrected chi connectivity index (χ0v) is 19.2. The van der Waals surface area contributed by atoms with Gasteiger partial charge in [0.15, 0.2) is 11.5 Å². The van der Waals surface area contributed by atoms with Crippen LogP contribution in [0, 0.1) is 5.82 Å². The van der Waals surface area contributed by atoms with Crippen molar-refractivity contribution in [3.05, 3.63) is 82.5 Å². The maximum absolute atomic E-state index is 13.1. The normalized spacial score (nSPS) is 10.7. The first-order chi connectivity index (χ1) is 17.0. The van der Waals surface area contributed by atoms with Crippen LogP contribution in [0.4, 0.5) is 4.39 Å². The number of nitrogens with one attached hydrogen (secondary N) is 1. The molecule has 2 heterocycles. The fraction of sp³-hybridized carbons (Fsp3) is 0.200. The van der Waals surface area contributed by atoms with Crippen molar-refractivity contribution in [1.82, 2.24) is 20.0 Å². The van der Waals surface area contributed by atoms with Crippen LogP contribution in [0.15, 0.2) is 70.1 Å². The standard InChI is InChI=1S/C25H23FN4O5/c1-33-20-10-5-16(14-21(20)34-2)11-12-27-22(31)15-30-13-3-4-19(25(30)32)24-28-23(29-35-24)17-6-8-18(26)9-7-17/h3-10,13-14H,11-12,15H2,1-2H3,(H,27,31). The lowest BCUT2D eigenvalue weighted by Gasteiger charge is -2.11. The quantitative estimate of drug-likeness (QED) is 0.394. The number of rotatable bonds is 9. The minimum absolute atomic E-state index is 0.0116. The zero-order chi connectivity index (χ0) is 24.8. The predicted molar refractivity (Wildman–Crippen MR) is 126 cm³/mol. The summed E-state index contributed by atoms with van der Waals surface area (Å²) in [5, 5.41) is 6.67. The minimum atomic E-state index is -0.447. The number of carbonyl (C=O) groups is 1. The van der Waals surface area contributed by atoms with Crippen LogP contribution in [0.25, 0.3) is 22.8 Å². The van der Waals surface area contributed by atoms with Gasteiger partial charge in [-0.05, 0) is 60.5 Å². The molecule has 0 aliphatic carbocycles. The highest BCUT2D eigenvalue weighted by molar-refractivity contribution is 5.75. The molecule has 9 nitrogen and oxygen atoms in total. The molecule has 0 saturated heterocycles. The van der Waals surface area contributed by atoms with Crippen molar-refractivity contribution in [2.24, 2.45) is 0 Å². The summed E-state index contributed by atoms with van der Waals surface area (Å²) in [5.41, 5.74) is 1.23. The van der Waals surface area contributed by atoms with Crippen LogP contribution in [-0.2, 0) is 17.8 Å². The van der Waals surface area contributed by atoms with Crippen molar-refractivity contribution in [1.29, 1.82) is 0 Å². The molecule has 0 unspecified atom stereocenters. The number of aromatic nitrogens is 3. The highest BCUT2D eigenvalue weighted by Crippen LogP contribution is 2.27. The van der Waals surface area contributed by atoms with Crippen LogP contribution < -0.4 is 20.3 Å². The van der Waals surface area contributed by atoms with E-state index in [0.29, 0.717) is 30.0 Å². The maximum atomic E-state index is 13.1. The molecule has 0 aliphatic rings. The number of hydrogen-bond acceptors (Lipinski definition) is 7. The van der Waals surface area contributed by atoms with Gasteiger partial charge in [-0.1, -0.05) is 11.2 Å². The van der Waals surface area contributed by atoms with E-state index in [2.05, 4.69) is 15.5 Å². The molecule has 0 atom stereocenters. The van der Waals surface area contributed by atoms with Crippen LogP contribution in [0.2, 0.25) is 0 Å². The van der Waals surface area contributed by atoms with E-state index in [1.54, 1.807) is 26.4 Å². The molecule has 1 amide bonds. The Bertz CT molecular complexity index is 1380. The number of carbonyl (C=O) groups excluding carboxylic acids is 1.